The van der Waals surface area contributed by atoms with Gasteiger partial charge in [0.2, 0.25) is 5.91 Å². The van der Waals surface area contributed by atoms with Gasteiger partial charge in [-0.3, -0.25) is 14.5 Å². The van der Waals surface area contributed by atoms with E-state index in [0.717, 1.165) is 44.0 Å². The number of carbonyl (C=O) groups is 2. The van der Waals surface area contributed by atoms with Crippen LogP contribution in [-0.4, -0.2) is 98.0 Å². The SMILES string of the molecule is COCCCCOc1ccccc1C(=O)NC(C)[C@@H](C[C@H](N)[C@@H](O)C[C@H](C(=O)NCCN1CCSCC1)C(C)C)C(C)C. The zero-order valence-corrected chi connectivity index (χ0v) is 28.2. The van der Waals surface area contributed by atoms with Crippen molar-refractivity contribution >= 4 is 23.6 Å². The summed E-state index contributed by atoms with van der Waals surface area (Å²) in [6.07, 6.45) is 1.74. The van der Waals surface area contributed by atoms with Crippen LogP contribution in [-0.2, 0) is 9.53 Å². The van der Waals surface area contributed by atoms with Crippen LogP contribution in [0.25, 0.3) is 0 Å². The van der Waals surface area contributed by atoms with Gasteiger partial charge in [0.15, 0.2) is 0 Å². The maximum atomic E-state index is 13.3. The van der Waals surface area contributed by atoms with Gasteiger partial charge in [0, 0.05) is 69.4 Å². The van der Waals surface area contributed by atoms with Crippen LogP contribution in [0.5, 0.6) is 5.75 Å². The second kappa shape index (κ2) is 20.2. The number of aliphatic hydroxyl groups excluding tert-OH is 1. The highest BCUT2D eigenvalue weighted by molar-refractivity contribution is 7.99. The van der Waals surface area contributed by atoms with Crippen molar-refractivity contribution in [3.05, 3.63) is 29.8 Å². The molecule has 2 amide bonds. The molecule has 0 bridgehead atoms. The molecular weight excluding hydrogens is 564 g/mol. The summed E-state index contributed by atoms with van der Waals surface area (Å²) >= 11 is 1.97. The van der Waals surface area contributed by atoms with Gasteiger partial charge >= 0.3 is 0 Å². The van der Waals surface area contributed by atoms with Crippen LogP contribution in [0.15, 0.2) is 24.3 Å². The highest BCUT2D eigenvalue weighted by atomic mass is 32.2. The van der Waals surface area contributed by atoms with E-state index in [4.69, 9.17) is 15.2 Å². The number of nitrogens with two attached hydrogens (primary N) is 1. The number of benzene rings is 1. The fourth-order valence-electron chi connectivity index (χ4n) is 5.64. The molecule has 0 spiro atoms. The molecule has 1 fully saturated rings. The van der Waals surface area contributed by atoms with Crippen molar-refractivity contribution in [1.82, 2.24) is 15.5 Å². The number of para-hydroxylation sites is 1. The second-order valence-electron chi connectivity index (χ2n) is 12.5. The second-order valence-corrected chi connectivity index (χ2v) is 13.7. The van der Waals surface area contributed by atoms with E-state index < -0.39 is 12.1 Å². The highest BCUT2D eigenvalue weighted by Gasteiger charge is 2.32. The van der Waals surface area contributed by atoms with Crippen LogP contribution in [0.2, 0.25) is 0 Å². The van der Waals surface area contributed by atoms with Crippen molar-refractivity contribution in [2.75, 3.05) is 58.0 Å². The van der Waals surface area contributed by atoms with Gasteiger partial charge in [-0.05, 0) is 62.5 Å². The minimum Gasteiger partial charge on any atom is -0.493 e. The van der Waals surface area contributed by atoms with E-state index in [9.17, 15) is 14.7 Å². The summed E-state index contributed by atoms with van der Waals surface area (Å²) in [5.74, 6) is 2.64. The minimum absolute atomic E-state index is 0.0201. The predicted octanol–water partition coefficient (Wildman–Crippen LogP) is 3.79. The number of rotatable bonds is 20. The van der Waals surface area contributed by atoms with Crippen LogP contribution in [0.3, 0.4) is 0 Å². The largest absolute Gasteiger partial charge is 0.493 e. The molecule has 2 rings (SSSR count). The Labute approximate surface area is 264 Å². The minimum atomic E-state index is -0.825. The molecule has 0 aromatic heterocycles. The molecule has 5 N–H and O–H groups in total. The molecule has 43 heavy (non-hydrogen) atoms. The third-order valence-electron chi connectivity index (χ3n) is 8.50. The molecule has 1 aliphatic heterocycles. The Hall–Kier alpha value is -1.85. The van der Waals surface area contributed by atoms with Crippen molar-refractivity contribution in [1.29, 1.82) is 0 Å². The molecule has 0 saturated carbocycles. The van der Waals surface area contributed by atoms with Crippen LogP contribution in [0, 0.1) is 23.7 Å². The van der Waals surface area contributed by atoms with Crippen molar-refractivity contribution in [2.45, 2.75) is 78.5 Å². The third-order valence-corrected chi connectivity index (χ3v) is 9.44. The lowest BCUT2D eigenvalue weighted by atomic mass is 9.80. The lowest BCUT2D eigenvalue weighted by Gasteiger charge is -2.33. The fourth-order valence-corrected chi connectivity index (χ4v) is 6.62. The molecule has 9 nitrogen and oxygen atoms in total. The van der Waals surface area contributed by atoms with E-state index in [2.05, 4.69) is 29.4 Å². The summed E-state index contributed by atoms with van der Waals surface area (Å²) < 4.78 is 11.0. The van der Waals surface area contributed by atoms with Crippen molar-refractivity contribution in [2.24, 2.45) is 29.4 Å². The maximum Gasteiger partial charge on any atom is 0.255 e. The van der Waals surface area contributed by atoms with Crippen molar-refractivity contribution in [3.63, 3.8) is 0 Å². The number of carbonyl (C=O) groups excluding carboxylic acids is 2. The maximum absolute atomic E-state index is 13.3. The van der Waals surface area contributed by atoms with Gasteiger partial charge in [0.05, 0.1) is 18.3 Å². The molecule has 1 aromatic carbocycles. The summed E-state index contributed by atoms with van der Waals surface area (Å²) in [6, 6.07) is 6.58. The Balaban J connectivity index is 1.93. The van der Waals surface area contributed by atoms with Gasteiger partial charge in [-0.2, -0.15) is 11.8 Å². The first-order chi connectivity index (χ1) is 20.5. The number of ether oxygens (including phenoxy) is 2. The zero-order chi connectivity index (χ0) is 31.8. The van der Waals surface area contributed by atoms with E-state index in [1.807, 2.05) is 50.7 Å². The van der Waals surface area contributed by atoms with E-state index in [-0.39, 0.29) is 41.5 Å². The lowest BCUT2D eigenvalue weighted by molar-refractivity contribution is -0.127. The van der Waals surface area contributed by atoms with Crippen LogP contribution >= 0.6 is 11.8 Å². The smallest absolute Gasteiger partial charge is 0.255 e. The van der Waals surface area contributed by atoms with Crippen LogP contribution in [0.4, 0.5) is 0 Å². The average Bonchev–Trinajstić information content (AvgIpc) is 2.98. The zero-order valence-electron chi connectivity index (χ0n) is 27.3. The Kier molecular flexibility index (Phi) is 17.6. The van der Waals surface area contributed by atoms with Crippen molar-refractivity contribution in [3.8, 4) is 5.75 Å². The molecule has 10 heteroatoms. The molecule has 0 aliphatic carbocycles. The molecule has 1 aromatic rings. The lowest BCUT2D eigenvalue weighted by Crippen LogP contribution is -2.47. The normalized spacial score (nSPS) is 17.7. The Bertz CT molecular complexity index is 944. The highest BCUT2D eigenvalue weighted by Crippen LogP contribution is 2.26. The number of thioether (sulfide) groups is 1. The quantitative estimate of drug-likeness (QED) is 0.162. The van der Waals surface area contributed by atoms with E-state index >= 15 is 0 Å². The first-order valence-electron chi connectivity index (χ1n) is 16.1. The summed E-state index contributed by atoms with van der Waals surface area (Å²) in [4.78, 5) is 28.8. The van der Waals surface area contributed by atoms with Gasteiger partial charge < -0.3 is 30.9 Å². The average molecular weight is 623 g/mol. The summed E-state index contributed by atoms with van der Waals surface area (Å²) in [5, 5.41) is 17.4. The number of hydrogen-bond acceptors (Lipinski definition) is 8. The van der Waals surface area contributed by atoms with Gasteiger partial charge in [0.1, 0.15) is 5.75 Å². The Morgan fingerprint density at radius 3 is 2.35 bits per heavy atom. The monoisotopic (exact) mass is 622 g/mol. The molecule has 0 radical (unpaired) electrons. The summed E-state index contributed by atoms with van der Waals surface area (Å²) in [7, 11) is 1.68. The molecule has 1 saturated heterocycles. The number of methoxy groups -OCH3 is 1. The Morgan fingerprint density at radius 1 is 1.02 bits per heavy atom. The van der Waals surface area contributed by atoms with E-state index in [0.29, 0.717) is 43.9 Å². The molecule has 246 valence electrons. The van der Waals surface area contributed by atoms with Crippen molar-refractivity contribution < 1.29 is 24.2 Å². The Morgan fingerprint density at radius 2 is 1.70 bits per heavy atom. The van der Waals surface area contributed by atoms with Gasteiger partial charge in [-0.25, -0.2) is 0 Å². The van der Waals surface area contributed by atoms with Gasteiger partial charge in [0.25, 0.3) is 5.91 Å². The standard InChI is InChI=1S/C33H58N4O5S/c1-23(2)27(25(5)36-33(40)26-11-7-8-12-31(26)42-18-10-9-17-41-6)21-29(34)30(38)22-28(24(3)4)32(39)35-13-14-37-15-19-43-20-16-37/h7-8,11-12,23-25,27-30,38H,9-10,13-22,34H2,1-6H3,(H,35,39)(H,36,40)/t25?,27-,28-,29-,30-/m0/s1. The van der Waals surface area contributed by atoms with E-state index in [1.165, 1.54) is 0 Å². The van der Waals surface area contributed by atoms with E-state index in [1.54, 1.807) is 13.2 Å². The number of aliphatic hydroxyl groups is 1. The molecule has 1 heterocycles. The molecule has 1 aliphatic rings. The molecular formula is C33H58N4O5S. The first kappa shape index (κ1) is 37.3. The summed E-state index contributed by atoms with van der Waals surface area (Å²) in [5.41, 5.74) is 7.06. The predicted molar refractivity (Wildman–Crippen MR) is 177 cm³/mol. The number of hydrogen-bond donors (Lipinski definition) is 4. The number of nitrogens with zero attached hydrogens (tertiary/aromatic N) is 1. The van der Waals surface area contributed by atoms with Crippen LogP contribution < -0.4 is 21.1 Å². The summed E-state index contributed by atoms with van der Waals surface area (Å²) in [6.45, 7) is 15.0. The van der Waals surface area contributed by atoms with Gasteiger partial charge in [-0.1, -0.05) is 39.8 Å². The first-order valence-corrected chi connectivity index (χ1v) is 17.2. The fraction of sp³-hybridized carbons (Fsp3) is 0.758. The third kappa shape index (κ3) is 13.4. The van der Waals surface area contributed by atoms with Crippen LogP contribution in [0.1, 0.15) is 70.7 Å². The topological polar surface area (TPSA) is 126 Å². The molecule has 5 atom stereocenters. The van der Waals surface area contributed by atoms with Gasteiger partial charge in [-0.15, -0.1) is 0 Å². The molecule has 1 unspecified atom stereocenters. The number of amides is 2. The number of nitrogens with one attached hydrogen (secondary N) is 2. The number of unbranched alkanes of at least 4 members (excludes halogenated alkanes) is 1.